The first-order valence-corrected chi connectivity index (χ1v) is 9.19. The average Bonchev–Trinajstić information content (AvgIpc) is 2.69. The Bertz CT molecular complexity index is 1030. The quantitative estimate of drug-likeness (QED) is 0.579. The molecule has 29 heavy (non-hydrogen) atoms. The molecule has 0 saturated heterocycles. The van der Waals surface area contributed by atoms with Gasteiger partial charge in [0.25, 0.3) is 5.91 Å². The highest BCUT2D eigenvalue weighted by atomic mass is 16.5. The van der Waals surface area contributed by atoms with Gasteiger partial charge in [-0.05, 0) is 45.0 Å². The lowest BCUT2D eigenvalue weighted by atomic mass is 10.1. The van der Waals surface area contributed by atoms with E-state index in [4.69, 9.17) is 4.74 Å². The third-order valence-corrected chi connectivity index (χ3v) is 3.94. The number of anilines is 3. The Morgan fingerprint density at radius 2 is 1.79 bits per heavy atom. The van der Waals surface area contributed by atoms with Crippen LogP contribution >= 0.6 is 0 Å². The topological polar surface area (TPSA) is 93.2 Å². The Morgan fingerprint density at radius 3 is 2.55 bits per heavy atom. The average molecular weight is 390 g/mol. The minimum Gasteiger partial charge on any atom is -0.489 e. The van der Waals surface area contributed by atoms with E-state index >= 15 is 0 Å². The third kappa shape index (κ3) is 5.38. The molecule has 0 atom stereocenters. The van der Waals surface area contributed by atoms with Crippen LogP contribution in [0, 0.1) is 0 Å². The molecule has 0 aliphatic heterocycles. The van der Waals surface area contributed by atoms with Crippen LogP contribution in [0.1, 0.15) is 41.6 Å². The Morgan fingerprint density at radius 1 is 1.00 bits per heavy atom. The minimum atomic E-state index is -0.400. The largest absolute Gasteiger partial charge is 0.489 e. The SMILES string of the molecule is CC(=O)c1cccc(NC(=O)c2cc(Nc3ccccc3OC(C)C)ncn2)c1. The molecule has 0 unspecified atom stereocenters. The van der Waals surface area contributed by atoms with E-state index < -0.39 is 5.91 Å². The van der Waals surface area contributed by atoms with Crippen LogP contribution in [0.5, 0.6) is 5.75 Å². The highest BCUT2D eigenvalue weighted by molar-refractivity contribution is 6.04. The van der Waals surface area contributed by atoms with E-state index in [1.165, 1.54) is 13.3 Å². The first-order chi connectivity index (χ1) is 13.9. The number of Topliss-reactive ketones (excluding diaryl/α,β-unsaturated/α-hetero) is 1. The van der Waals surface area contributed by atoms with E-state index in [9.17, 15) is 9.59 Å². The molecule has 0 radical (unpaired) electrons. The zero-order chi connectivity index (χ0) is 20.8. The fourth-order valence-corrected chi connectivity index (χ4v) is 2.63. The fourth-order valence-electron chi connectivity index (χ4n) is 2.63. The number of benzene rings is 2. The molecule has 1 heterocycles. The van der Waals surface area contributed by atoms with Crippen LogP contribution < -0.4 is 15.4 Å². The molecule has 1 aromatic heterocycles. The van der Waals surface area contributed by atoms with Gasteiger partial charge in [-0.15, -0.1) is 0 Å². The Kier molecular flexibility index (Phi) is 6.19. The normalized spacial score (nSPS) is 10.5. The molecule has 3 aromatic rings. The van der Waals surface area contributed by atoms with Crippen LogP contribution in [0.15, 0.2) is 60.9 Å². The highest BCUT2D eigenvalue weighted by Gasteiger charge is 2.12. The summed E-state index contributed by atoms with van der Waals surface area (Å²) in [6.07, 6.45) is 1.34. The number of carbonyl (C=O) groups is 2. The first-order valence-electron chi connectivity index (χ1n) is 9.19. The molecule has 0 aliphatic carbocycles. The van der Waals surface area contributed by atoms with Crippen molar-refractivity contribution in [2.24, 2.45) is 0 Å². The molecule has 0 aliphatic rings. The summed E-state index contributed by atoms with van der Waals surface area (Å²) in [5.74, 6) is 0.676. The van der Waals surface area contributed by atoms with Gasteiger partial charge in [0, 0.05) is 17.3 Å². The van der Waals surface area contributed by atoms with Gasteiger partial charge in [0.2, 0.25) is 0 Å². The van der Waals surface area contributed by atoms with E-state index in [1.807, 2.05) is 38.1 Å². The number of ether oxygens (including phenoxy) is 1. The second-order valence-corrected chi connectivity index (χ2v) is 6.67. The fraction of sp³-hybridized carbons (Fsp3) is 0.182. The van der Waals surface area contributed by atoms with Crippen LogP contribution in [0.3, 0.4) is 0 Å². The molecule has 2 aromatic carbocycles. The van der Waals surface area contributed by atoms with Crippen LogP contribution in [0.2, 0.25) is 0 Å². The monoisotopic (exact) mass is 390 g/mol. The maximum Gasteiger partial charge on any atom is 0.274 e. The molecule has 148 valence electrons. The van der Waals surface area contributed by atoms with Gasteiger partial charge in [-0.1, -0.05) is 24.3 Å². The predicted octanol–water partition coefficient (Wildman–Crippen LogP) is 4.46. The van der Waals surface area contributed by atoms with Crippen molar-refractivity contribution in [1.29, 1.82) is 0 Å². The van der Waals surface area contributed by atoms with Crippen LogP contribution in [-0.4, -0.2) is 27.8 Å². The molecule has 7 heteroatoms. The van der Waals surface area contributed by atoms with Crippen LogP contribution in [0.25, 0.3) is 0 Å². The molecule has 0 bridgehead atoms. The lowest BCUT2D eigenvalue weighted by molar-refractivity contribution is 0.100. The highest BCUT2D eigenvalue weighted by Crippen LogP contribution is 2.27. The van der Waals surface area contributed by atoms with Gasteiger partial charge in [-0.2, -0.15) is 0 Å². The summed E-state index contributed by atoms with van der Waals surface area (Å²) in [5, 5.41) is 5.91. The van der Waals surface area contributed by atoms with Gasteiger partial charge in [0.15, 0.2) is 5.78 Å². The van der Waals surface area contributed by atoms with Crippen molar-refractivity contribution >= 4 is 28.9 Å². The lowest BCUT2D eigenvalue weighted by Crippen LogP contribution is -2.14. The van der Waals surface area contributed by atoms with Crippen molar-refractivity contribution in [1.82, 2.24) is 9.97 Å². The summed E-state index contributed by atoms with van der Waals surface area (Å²) >= 11 is 0. The Labute approximate surface area is 169 Å². The maximum absolute atomic E-state index is 12.6. The number of nitrogens with zero attached hydrogens (tertiary/aromatic N) is 2. The van der Waals surface area contributed by atoms with Gasteiger partial charge < -0.3 is 15.4 Å². The van der Waals surface area contributed by atoms with E-state index in [0.29, 0.717) is 22.8 Å². The van der Waals surface area contributed by atoms with Gasteiger partial charge in [0.05, 0.1) is 11.8 Å². The molecule has 0 fully saturated rings. The number of ketones is 1. The van der Waals surface area contributed by atoms with Crippen molar-refractivity contribution in [3.63, 3.8) is 0 Å². The number of rotatable bonds is 7. The smallest absolute Gasteiger partial charge is 0.274 e. The number of amides is 1. The van der Waals surface area contributed by atoms with Crippen LogP contribution in [0.4, 0.5) is 17.2 Å². The van der Waals surface area contributed by atoms with E-state index in [1.54, 1.807) is 30.3 Å². The first kappa shape index (κ1) is 20.0. The van der Waals surface area contributed by atoms with E-state index in [2.05, 4.69) is 20.6 Å². The number of hydrogen-bond donors (Lipinski definition) is 2. The second-order valence-electron chi connectivity index (χ2n) is 6.67. The Hall–Kier alpha value is -3.74. The molecule has 1 amide bonds. The summed E-state index contributed by atoms with van der Waals surface area (Å²) < 4.78 is 5.79. The van der Waals surface area contributed by atoms with Gasteiger partial charge in [-0.3, -0.25) is 9.59 Å². The molecule has 0 spiro atoms. The van der Waals surface area contributed by atoms with Crippen molar-refractivity contribution in [3.05, 3.63) is 72.2 Å². The molecular formula is C22H22N4O3. The minimum absolute atomic E-state index is 0.0236. The van der Waals surface area contributed by atoms with Crippen molar-refractivity contribution in [2.45, 2.75) is 26.9 Å². The summed E-state index contributed by atoms with van der Waals surface area (Å²) in [7, 11) is 0. The number of carbonyl (C=O) groups excluding carboxylic acids is 2. The molecule has 0 saturated carbocycles. The summed E-state index contributed by atoms with van der Waals surface area (Å²) in [6.45, 7) is 5.38. The molecule has 3 rings (SSSR count). The zero-order valence-electron chi connectivity index (χ0n) is 16.5. The van der Waals surface area contributed by atoms with E-state index in [-0.39, 0.29) is 17.6 Å². The standard InChI is InChI=1S/C22H22N4O3/c1-14(2)29-20-10-5-4-9-18(20)26-21-12-19(23-13-24-21)22(28)25-17-8-6-7-16(11-17)15(3)27/h4-14H,1-3H3,(H,25,28)(H,23,24,26). The Balaban J connectivity index is 1.77. The van der Waals surface area contributed by atoms with Gasteiger partial charge in [-0.25, -0.2) is 9.97 Å². The summed E-state index contributed by atoms with van der Waals surface area (Å²) in [5.41, 5.74) is 1.97. The summed E-state index contributed by atoms with van der Waals surface area (Å²) in [6, 6.07) is 15.8. The van der Waals surface area contributed by atoms with Crippen LogP contribution in [-0.2, 0) is 0 Å². The second kappa shape index (κ2) is 8.97. The van der Waals surface area contributed by atoms with E-state index in [0.717, 1.165) is 5.69 Å². The number of para-hydroxylation sites is 2. The molecule has 7 nitrogen and oxygen atoms in total. The zero-order valence-corrected chi connectivity index (χ0v) is 16.5. The lowest BCUT2D eigenvalue weighted by Gasteiger charge is -2.15. The van der Waals surface area contributed by atoms with Gasteiger partial charge in [0.1, 0.15) is 23.6 Å². The van der Waals surface area contributed by atoms with Crippen molar-refractivity contribution in [2.75, 3.05) is 10.6 Å². The maximum atomic E-state index is 12.6. The number of aromatic nitrogens is 2. The number of nitrogens with one attached hydrogen (secondary N) is 2. The van der Waals surface area contributed by atoms with Crippen molar-refractivity contribution < 1.29 is 14.3 Å². The van der Waals surface area contributed by atoms with Gasteiger partial charge >= 0.3 is 0 Å². The third-order valence-electron chi connectivity index (χ3n) is 3.94. The van der Waals surface area contributed by atoms with Crippen molar-refractivity contribution in [3.8, 4) is 5.75 Å². The number of hydrogen-bond acceptors (Lipinski definition) is 6. The molecular weight excluding hydrogens is 368 g/mol. The predicted molar refractivity (Wildman–Crippen MR) is 112 cm³/mol. The molecule has 2 N–H and O–H groups in total. The summed E-state index contributed by atoms with van der Waals surface area (Å²) in [4.78, 5) is 32.3.